The molecule has 9 heteroatoms. The number of nitrogens with zero attached hydrogens (tertiary/aromatic N) is 4. The van der Waals surface area contributed by atoms with Crippen molar-refractivity contribution in [2.75, 3.05) is 6.67 Å². The molecular formula is C22H26BrN5O3. The summed E-state index contributed by atoms with van der Waals surface area (Å²) < 4.78 is 6.79. The monoisotopic (exact) mass is 487 g/mol. The Labute approximate surface area is 189 Å². The molecule has 1 spiro atoms. The van der Waals surface area contributed by atoms with E-state index in [1.54, 1.807) is 0 Å². The Bertz CT molecular complexity index is 981. The van der Waals surface area contributed by atoms with E-state index < -0.39 is 5.54 Å². The smallest absolute Gasteiger partial charge is 0.326 e. The zero-order chi connectivity index (χ0) is 21.4. The molecular weight excluding hydrogens is 462 g/mol. The highest BCUT2D eigenvalue weighted by atomic mass is 79.9. The normalized spacial score (nSPS) is 21.0. The van der Waals surface area contributed by atoms with Gasteiger partial charge in [-0.3, -0.25) is 9.69 Å². The van der Waals surface area contributed by atoms with Crippen molar-refractivity contribution in [3.05, 3.63) is 34.6 Å². The maximum atomic E-state index is 13.3. The Balaban J connectivity index is 1.31. The van der Waals surface area contributed by atoms with Gasteiger partial charge in [0, 0.05) is 10.5 Å². The molecule has 0 radical (unpaired) electrons. The summed E-state index contributed by atoms with van der Waals surface area (Å²) in [5.41, 5.74) is 0.128. The Morgan fingerprint density at radius 2 is 1.87 bits per heavy atom. The van der Waals surface area contributed by atoms with Gasteiger partial charge in [0.25, 0.3) is 5.91 Å². The molecule has 164 valence electrons. The molecule has 1 N–H and O–H groups in total. The van der Waals surface area contributed by atoms with Gasteiger partial charge in [0.1, 0.15) is 5.54 Å². The molecule has 2 aromatic rings. The van der Waals surface area contributed by atoms with Crippen LogP contribution in [0, 0.1) is 0 Å². The first-order chi connectivity index (χ1) is 15.1. The van der Waals surface area contributed by atoms with E-state index in [0.717, 1.165) is 61.4 Å². The molecule has 0 bridgehead atoms. The summed E-state index contributed by atoms with van der Waals surface area (Å²) in [5, 5.41) is 11.4. The molecule has 1 saturated heterocycles. The number of carbonyl (C=O) groups is 2. The molecule has 31 heavy (non-hydrogen) atoms. The van der Waals surface area contributed by atoms with E-state index in [4.69, 9.17) is 4.42 Å². The highest BCUT2D eigenvalue weighted by Gasteiger charge is 2.51. The van der Waals surface area contributed by atoms with Crippen LogP contribution in [0.4, 0.5) is 4.79 Å². The fraction of sp³-hybridized carbons (Fsp3) is 0.545. The van der Waals surface area contributed by atoms with E-state index >= 15 is 0 Å². The van der Waals surface area contributed by atoms with Gasteiger partial charge in [-0.1, -0.05) is 37.8 Å². The number of carbonyl (C=O) groups excluding carboxylic acids is 2. The Morgan fingerprint density at radius 3 is 2.58 bits per heavy atom. The molecule has 3 amide bonds. The molecule has 0 unspecified atom stereocenters. The van der Waals surface area contributed by atoms with Crippen LogP contribution < -0.4 is 5.32 Å². The van der Waals surface area contributed by atoms with Crippen molar-refractivity contribution in [1.29, 1.82) is 0 Å². The van der Waals surface area contributed by atoms with Crippen LogP contribution in [-0.2, 0) is 11.3 Å². The highest BCUT2D eigenvalue weighted by Crippen LogP contribution is 2.35. The predicted octanol–water partition coefficient (Wildman–Crippen LogP) is 4.07. The first-order valence-electron chi connectivity index (χ1n) is 11.0. The summed E-state index contributed by atoms with van der Waals surface area (Å²) in [4.78, 5) is 29.5. The SMILES string of the molecule is O=C1NC2(CCCCCC2)C(=O)N1CN(Cc1nnc(-c2ccccc2Br)o1)C1CC1. The second-order valence-corrected chi connectivity index (χ2v) is 9.61. The van der Waals surface area contributed by atoms with E-state index in [2.05, 4.69) is 36.3 Å². The maximum Gasteiger partial charge on any atom is 0.326 e. The molecule has 2 heterocycles. The molecule has 2 saturated carbocycles. The number of hydrogen-bond donors (Lipinski definition) is 1. The van der Waals surface area contributed by atoms with Gasteiger partial charge in [-0.15, -0.1) is 10.2 Å². The molecule has 1 aliphatic heterocycles. The number of urea groups is 1. The first-order valence-corrected chi connectivity index (χ1v) is 11.8. The first kappa shape index (κ1) is 20.6. The van der Waals surface area contributed by atoms with Crippen LogP contribution in [0.2, 0.25) is 0 Å². The van der Waals surface area contributed by atoms with Gasteiger partial charge in [0.2, 0.25) is 11.8 Å². The third-order valence-corrected chi connectivity index (χ3v) is 7.19. The number of halogens is 1. The number of rotatable bonds is 6. The third kappa shape index (κ3) is 4.13. The number of hydrogen-bond acceptors (Lipinski definition) is 6. The van der Waals surface area contributed by atoms with Crippen molar-refractivity contribution in [3.8, 4) is 11.5 Å². The van der Waals surface area contributed by atoms with E-state index in [-0.39, 0.29) is 18.6 Å². The van der Waals surface area contributed by atoms with Crippen LogP contribution in [0.3, 0.4) is 0 Å². The fourth-order valence-corrected chi connectivity index (χ4v) is 5.08. The maximum absolute atomic E-state index is 13.3. The van der Waals surface area contributed by atoms with Crippen LogP contribution >= 0.6 is 15.9 Å². The highest BCUT2D eigenvalue weighted by molar-refractivity contribution is 9.10. The lowest BCUT2D eigenvalue weighted by Crippen LogP contribution is -2.47. The lowest BCUT2D eigenvalue weighted by atomic mass is 9.90. The van der Waals surface area contributed by atoms with Crippen molar-refractivity contribution >= 4 is 27.9 Å². The zero-order valence-electron chi connectivity index (χ0n) is 17.3. The Hall–Kier alpha value is -2.26. The molecule has 1 aromatic carbocycles. The number of imide groups is 1. The molecule has 2 aliphatic carbocycles. The summed E-state index contributed by atoms with van der Waals surface area (Å²) in [5.74, 6) is 0.851. The topological polar surface area (TPSA) is 91.6 Å². The van der Waals surface area contributed by atoms with Crippen molar-refractivity contribution in [3.63, 3.8) is 0 Å². The average molecular weight is 488 g/mol. The number of amides is 3. The van der Waals surface area contributed by atoms with E-state index in [9.17, 15) is 9.59 Å². The van der Waals surface area contributed by atoms with Gasteiger partial charge < -0.3 is 9.73 Å². The average Bonchev–Trinajstić information content (AvgIpc) is 3.51. The zero-order valence-corrected chi connectivity index (χ0v) is 18.9. The quantitative estimate of drug-likeness (QED) is 0.617. The Morgan fingerprint density at radius 1 is 1.13 bits per heavy atom. The summed E-state index contributed by atoms with van der Waals surface area (Å²) >= 11 is 3.51. The summed E-state index contributed by atoms with van der Waals surface area (Å²) in [6, 6.07) is 7.73. The van der Waals surface area contributed by atoms with Crippen LogP contribution in [0.15, 0.2) is 33.2 Å². The number of benzene rings is 1. The summed E-state index contributed by atoms with van der Waals surface area (Å²) in [6.45, 7) is 0.663. The predicted molar refractivity (Wildman–Crippen MR) is 117 cm³/mol. The van der Waals surface area contributed by atoms with Gasteiger partial charge >= 0.3 is 6.03 Å². The van der Waals surface area contributed by atoms with Crippen molar-refractivity contribution in [2.45, 2.75) is 69.5 Å². The minimum absolute atomic E-state index is 0.0792. The number of aromatic nitrogens is 2. The van der Waals surface area contributed by atoms with Crippen molar-refractivity contribution < 1.29 is 14.0 Å². The molecule has 3 fully saturated rings. The second-order valence-electron chi connectivity index (χ2n) is 8.76. The van der Waals surface area contributed by atoms with E-state index in [0.29, 0.717) is 24.4 Å². The largest absolute Gasteiger partial charge is 0.419 e. The molecule has 5 rings (SSSR count). The molecule has 8 nitrogen and oxygen atoms in total. The van der Waals surface area contributed by atoms with Crippen LogP contribution in [-0.4, -0.2) is 50.2 Å². The minimum atomic E-state index is -0.708. The lowest BCUT2D eigenvalue weighted by Gasteiger charge is -2.27. The van der Waals surface area contributed by atoms with E-state index in [1.807, 2.05) is 24.3 Å². The van der Waals surface area contributed by atoms with Gasteiger partial charge in [0.05, 0.1) is 18.8 Å². The van der Waals surface area contributed by atoms with Crippen LogP contribution in [0.25, 0.3) is 11.5 Å². The molecule has 0 atom stereocenters. The number of nitrogens with one attached hydrogen (secondary N) is 1. The molecule has 1 aromatic heterocycles. The van der Waals surface area contributed by atoms with Gasteiger partial charge in [-0.2, -0.15) is 0 Å². The minimum Gasteiger partial charge on any atom is -0.419 e. The van der Waals surface area contributed by atoms with E-state index in [1.165, 1.54) is 4.90 Å². The van der Waals surface area contributed by atoms with Gasteiger partial charge in [-0.25, -0.2) is 9.69 Å². The van der Waals surface area contributed by atoms with Gasteiger partial charge in [-0.05, 0) is 53.7 Å². The standard InChI is InChI=1S/C22H26BrN5O3/c23-17-8-4-3-7-16(17)19-26-25-18(31-19)13-27(15-9-10-15)14-28-20(29)22(24-21(28)30)11-5-1-2-6-12-22/h3-4,7-8,15H,1-2,5-6,9-14H2,(H,24,30). The molecule has 3 aliphatic rings. The summed E-state index contributed by atoms with van der Waals surface area (Å²) in [6.07, 6.45) is 7.75. The fourth-order valence-electron chi connectivity index (χ4n) is 4.63. The third-order valence-electron chi connectivity index (χ3n) is 6.50. The van der Waals surface area contributed by atoms with Crippen molar-refractivity contribution in [2.24, 2.45) is 0 Å². The van der Waals surface area contributed by atoms with Gasteiger partial charge in [0.15, 0.2) is 0 Å². The summed E-state index contributed by atoms with van der Waals surface area (Å²) in [7, 11) is 0. The van der Waals surface area contributed by atoms with Crippen molar-refractivity contribution in [1.82, 2.24) is 25.3 Å². The van der Waals surface area contributed by atoms with Crippen LogP contribution in [0.5, 0.6) is 0 Å². The van der Waals surface area contributed by atoms with Crippen LogP contribution in [0.1, 0.15) is 57.3 Å². The lowest BCUT2D eigenvalue weighted by molar-refractivity contribution is -0.133. The second kappa shape index (κ2) is 8.35. The Kier molecular flexibility index (Phi) is 5.56.